The fourth-order valence-electron chi connectivity index (χ4n) is 3.22. The van der Waals surface area contributed by atoms with Crippen molar-refractivity contribution in [1.29, 1.82) is 0 Å². The summed E-state index contributed by atoms with van der Waals surface area (Å²) in [5.74, 6) is 0.867. The average molecular weight is 331 g/mol. The van der Waals surface area contributed by atoms with Gasteiger partial charge in [-0.1, -0.05) is 0 Å². The highest BCUT2D eigenvalue weighted by Gasteiger charge is 2.25. The van der Waals surface area contributed by atoms with Gasteiger partial charge < -0.3 is 20.3 Å². The molecule has 0 aliphatic carbocycles. The van der Waals surface area contributed by atoms with E-state index >= 15 is 0 Å². The van der Waals surface area contributed by atoms with Crippen LogP contribution >= 0.6 is 0 Å². The van der Waals surface area contributed by atoms with E-state index in [-0.39, 0.29) is 18.2 Å². The van der Waals surface area contributed by atoms with Crippen LogP contribution in [0.25, 0.3) is 5.65 Å². The predicted octanol–water partition coefficient (Wildman–Crippen LogP) is 0.181. The Morgan fingerprint density at radius 1 is 1.38 bits per heavy atom. The van der Waals surface area contributed by atoms with E-state index in [9.17, 15) is 4.79 Å². The highest BCUT2D eigenvalue weighted by Crippen LogP contribution is 2.18. The molecule has 2 fully saturated rings. The summed E-state index contributed by atoms with van der Waals surface area (Å²) in [6.07, 6.45) is 4.75. The van der Waals surface area contributed by atoms with Gasteiger partial charge in [0.2, 0.25) is 0 Å². The van der Waals surface area contributed by atoms with Gasteiger partial charge in [-0.05, 0) is 31.4 Å². The van der Waals surface area contributed by atoms with Gasteiger partial charge in [-0.3, -0.25) is 0 Å². The third-order valence-electron chi connectivity index (χ3n) is 4.51. The quantitative estimate of drug-likeness (QED) is 0.830. The molecule has 4 heterocycles. The number of nitrogens with one attached hydrogen (secondary N) is 2. The Kier molecular flexibility index (Phi) is 4.16. The molecule has 2 amide bonds. The Bertz CT molecular complexity index is 713. The van der Waals surface area contributed by atoms with Crippen LogP contribution in [0.5, 0.6) is 0 Å². The van der Waals surface area contributed by atoms with E-state index in [0.717, 1.165) is 50.4 Å². The molecule has 9 heteroatoms. The monoisotopic (exact) mass is 331 g/mol. The van der Waals surface area contributed by atoms with Crippen LogP contribution in [0.3, 0.4) is 0 Å². The molecule has 0 unspecified atom stereocenters. The molecule has 0 spiro atoms. The molecule has 2 N–H and O–H groups in total. The maximum absolute atomic E-state index is 12.0. The minimum absolute atomic E-state index is 0.118. The van der Waals surface area contributed by atoms with Gasteiger partial charge in [-0.2, -0.15) is 4.52 Å². The van der Waals surface area contributed by atoms with Gasteiger partial charge in [0.15, 0.2) is 5.65 Å². The third-order valence-corrected chi connectivity index (χ3v) is 4.51. The number of amides is 2. The molecule has 24 heavy (non-hydrogen) atoms. The lowest BCUT2D eigenvalue weighted by atomic mass is 10.2. The lowest BCUT2D eigenvalue weighted by Gasteiger charge is -2.18. The van der Waals surface area contributed by atoms with Crippen LogP contribution in [-0.2, 0) is 4.74 Å². The van der Waals surface area contributed by atoms with E-state index in [2.05, 4.69) is 30.8 Å². The van der Waals surface area contributed by atoms with Gasteiger partial charge >= 0.3 is 6.03 Å². The van der Waals surface area contributed by atoms with E-state index in [1.807, 2.05) is 12.1 Å². The number of aromatic nitrogens is 4. The van der Waals surface area contributed by atoms with E-state index in [1.54, 1.807) is 10.8 Å². The van der Waals surface area contributed by atoms with Crippen LogP contribution in [0.15, 0.2) is 18.5 Å². The molecular weight excluding hydrogens is 310 g/mol. The number of ether oxygens (including phenoxy) is 1. The van der Waals surface area contributed by atoms with Gasteiger partial charge in [-0.15, -0.1) is 15.3 Å². The molecule has 128 valence electrons. The first kappa shape index (κ1) is 15.1. The fourth-order valence-corrected chi connectivity index (χ4v) is 3.22. The summed E-state index contributed by atoms with van der Waals surface area (Å²) >= 11 is 0. The lowest BCUT2D eigenvalue weighted by Crippen LogP contribution is -2.45. The first-order valence-corrected chi connectivity index (χ1v) is 8.36. The smallest absolute Gasteiger partial charge is 0.315 e. The molecule has 2 atom stereocenters. The van der Waals surface area contributed by atoms with Crippen LogP contribution < -0.4 is 15.5 Å². The fraction of sp³-hybridized carbons (Fsp3) is 0.600. The van der Waals surface area contributed by atoms with Crippen molar-refractivity contribution in [1.82, 2.24) is 30.4 Å². The first-order chi connectivity index (χ1) is 11.8. The van der Waals surface area contributed by atoms with Gasteiger partial charge in [-0.25, -0.2) is 4.79 Å². The van der Waals surface area contributed by atoms with Crippen molar-refractivity contribution in [3.63, 3.8) is 0 Å². The molecule has 2 saturated heterocycles. The number of hydrogen-bond donors (Lipinski definition) is 2. The highest BCUT2D eigenvalue weighted by molar-refractivity contribution is 5.74. The van der Waals surface area contributed by atoms with Crippen LogP contribution in [0.2, 0.25) is 0 Å². The molecule has 0 saturated carbocycles. The molecule has 0 bridgehead atoms. The van der Waals surface area contributed by atoms with Crippen LogP contribution in [0.1, 0.15) is 19.3 Å². The highest BCUT2D eigenvalue weighted by atomic mass is 16.5. The SMILES string of the molecule is O=C(NC[C@H]1CCCO1)N[C@H]1CCN(c2ccc3nncn3n2)C1. The zero-order chi connectivity index (χ0) is 16.4. The molecule has 4 rings (SSSR count). The second kappa shape index (κ2) is 6.60. The van der Waals surface area contributed by atoms with Crippen LogP contribution in [-0.4, -0.2) is 64.2 Å². The zero-order valence-corrected chi connectivity index (χ0v) is 13.4. The summed E-state index contributed by atoms with van der Waals surface area (Å²) in [4.78, 5) is 14.2. The molecule has 0 radical (unpaired) electrons. The van der Waals surface area contributed by atoms with Crippen molar-refractivity contribution in [2.24, 2.45) is 0 Å². The molecule has 9 nitrogen and oxygen atoms in total. The summed E-state index contributed by atoms with van der Waals surface area (Å²) in [5.41, 5.74) is 0.723. The van der Waals surface area contributed by atoms with Crippen molar-refractivity contribution >= 4 is 17.5 Å². The molecular formula is C15H21N7O2. The Labute approximate surface area is 139 Å². The van der Waals surface area contributed by atoms with Gasteiger partial charge in [0.25, 0.3) is 0 Å². The minimum Gasteiger partial charge on any atom is -0.376 e. The predicted molar refractivity (Wildman–Crippen MR) is 86.9 cm³/mol. The summed E-state index contributed by atoms with van der Waals surface area (Å²) in [7, 11) is 0. The second-order valence-electron chi connectivity index (χ2n) is 6.25. The lowest BCUT2D eigenvalue weighted by molar-refractivity contribution is 0.111. The number of nitrogens with zero attached hydrogens (tertiary/aromatic N) is 5. The van der Waals surface area contributed by atoms with E-state index < -0.39 is 0 Å². The van der Waals surface area contributed by atoms with Crippen LogP contribution in [0, 0.1) is 0 Å². The zero-order valence-electron chi connectivity index (χ0n) is 13.4. The Morgan fingerprint density at radius 2 is 2.33 bits per heavy atom. The maximum atomic E-state index is 12.0. The standard InChI is InChI=1S/C15H21N7O2/c23-15(16-8-12-2-1-7-24-12)18-11-5-6-21(9-11)14-4-3-13-19-17-10-22(13)20-14/h3-4,10-12H,1-2,5-9H2,(H2,16,18,23)/t11-,12+/m0/s1. The Balaban J connectivity index is 1.28. The number of anilines is 1. The molecule has 2 aromatic rings. The van der Waals surface area contributed by atoms with Crippen molar-refractivity contribution in [2.45, 2.75) is 31.4 Å². The van der Waals surface area contributed by atoms with E-state index in [4.69, 9.17) is 4.74 Å². The summed E-state index contributed by atoms with van der Waals surface area (Å²) in [5, 5.41) is 18.2. The first-order valence-electron chi connectivity index (χ1n) is 8.36. The second-order valence-corrected chi connectivity index (χ2v) is 6.25. The number of fused-ring (bicyclic) bond motifs is 1. The largest absolute Gasteiger partial charge is 0.376 e. The average Bonchev–Trinajstić information content (AvgIpc) is 3.33. The number of rotatable bonds is 4. The Morgan fingerprint density at radius 3 is 3.21 bits per heavy atom. The summed E-state index contributed by atoms with van der Waals surface area (Å²) < 4.78 is 7.16. The minimum atomic E-state index is -0.125. The molecule has 2 aromatic heterocycles. The van der Waals surface area contributed by atoms with Crippen LogP contribution in [0.4, 0.5) is 10.6 Å². The number of urea groups is 1. The summed E-state index contributed by atoms with van der Waals surface area (Å²) in [6, 6.07) is 3.82. The Hall–Kier alpha value is -2.42. The molecule has 2 aliphatic heterocycles. The summed E-state index contributed by atoms with van der Waals surface area (Å²) in [6.45, 7) is 2.98. The van der Waals surface area contributed by atoms with Crippen molar-refractivity contribution in [3.05, 3.63) is 18.5 Å². The normalized spacial score (nSPS) is 23.8. The van der Waals surface area contributed by atoms with Gasteiger partial charge in [0, 0.05) is 32.3 Å². The van der Waals surface area contributed by atoms with Gasteiger partial charge in [0.05, 0.1) is 6.10 Å². The van der Waals surface area contributed by atoms with Crippen molar-refractivity contribution < 1.29 is 9.53 Å². The topological polar surface area (TPSA) is 96.7 Å². The molecule has 0 aromatic carbocycles. The molecule has 2 aliphatic rings. The van der Waals surface area contributed by atoms with E-state index in [1.165, 1.54) is 0 Å². The van der Waals surface area contributed by atoms with Crippen molar-refractivity contribution in [2.75, 3.05) is 31.1 Å². The van der Waals surface area contributed by atoms with Gasteiger partial charge in [0.1, 0.15) is 12.1 Å². The third kappa shape index (κ3) is 3.25. The van der Waals surface area contributed by atoms with Crippen molar-refractivity contribution in [3.8, 4) is 0 Å². The maximum Gasteiger partial charge on any atom is 0.315 e. The number of hydrogen-bond acceptors (Lipinski definition) is 6. The van der Waals surface area contributed by atoms with E-state index in [0.29, 0.717) is 6.54 Å². The number of carbonyl (C=O) groups excluding carboxylic acids is 1. The number of carbonyl (C=O) groups is 1.